The number of nitrogens with one attached hydrogen (secondary N) is 2. The highest BCUT2D eigenvalue weighted by atomic mass is 16.5. The summed E-state index contributed by atoms with van der Waals surface area (Å²) in [6.07, 6.45) is 0.655. The molecule has 0 heterocycles. The van der Waals surface area contributed by atoms with Gasteiger partial charge in [-0.15, -0.1) is 0 Å². The Morgan fingerprint density at radius 3 is 2.67 bits per heavy atom. The molecule has 88 valence electrons. The molecule has 0 saturated heterocycles. The third-order valence-corrected chi connectivity index (χ3v) is 1.67. The minimum Gasteiger partial charge on any atom is -0.481 e. The zero-order valence-corrected chi connectivity index (χ0v) is 9.08. The van der Waals surface area contributed by atoms with Gasteiger partial charge in [0.2, 0.25) is 0 Å². The Morgan fingerprint density at radius 1 is 1.47 bits per heavy atom. The van der Waals surface area contributed by atoms with E-state index in [0.717, 1.165) is 6.42 Å². The molecule has 15 heavy (non-hydrogen) atoms. The Kier molecular flexibility index (Phi) is 7.35. The van der Waals surface area contributed by atoms with E-state index in [9.17, 15) is 9.59 Å². The van der Waals surface area contributed by atoms with Gasteiger partial charge in [0, 0.05) is 26.3 Å². The van der Waals surface area contributed by atoms with Gasteiger partial charge in [0.15, 0.2) is 0 Å². The van der Waals surface area contributed by atoms with Crippen LogP contribution in [0.4, 0.5) is 4.79 Å². The summed E-state index contributed by atoms with van der Waals surface area (Å²) in [5.74, 6) is -0.929. The van der Waals surface area contributed by atoms with Gasteiger partial charge in [-0.1, -0.05) is 0 Å². The average molecular weight is 218 g/mol. The number of carboxylic acid groups (broad SMARTS) is 1. The van der Waals surface area contributed by atoms with E-state index < -0.39 is 5.97 Å². The summed E-state index contributed by atoms with van der Waals surface area (Å²) >= 11 is 0. The lowest BCUT2D eigenvalue weighted by Crippen LogP contribution is -2.42. The van der Waals surface area contributed by atoms with Crippen LogP contribution < -0.4 is 10.6 Å². The number of carbonyl (C=O) groups excluding carboxylic acids is 1. The second-order valence-electron chi connectivity index (χ2n) is 3.25. The quantitative estimate of drug-likeness (QED) is 0.532. The van der Waals surface area contributed by atoms with Gasteiger partial charge < -0.3 is 20.5 Å². The summed E-state index contributed by atoms with van der Waals surface area (Å²) in [6.45, 7) is 2.74. The first-order valence-electron chi connectivity index (χ1n) is 4.81. The second-order valence-corrected chi connectivity index (χ2v) is 3.25. The number of aliphatic carboxylic acids is 1. The first-order valence-corrected chi connectivity index (χ1v) is 4.81. The molecule has 0 aliphatic rings. The highest BCUT2D eigenvalue weighted by Gasteiger charge is 2.09. The summed E-state index contributed by atoms with van der Waals surface area (Å²) in [5.41, 5.74) is 0. The lowest BCUT2D eigenvalue weighted by molar-refractivity contribution is -0.137. The van der Waals surface area contributed by atoms with Gasteiger partial charge in [-0.05, 0) is 13.3 Å². The van der Waals surface area contributed by atoms with E-state index in [1.165, 1.54) is 0 Å². The Morgan fingerprint density at radius 2 is 2.13 bits per heavy atom. The lowest BCUT2D eigenvalue weighted by Gasteiger charge is -2.12. The van der Waals surface area contributed by atoms with Gasteiger partial charge in [0.1, 0.15) is 0 Å². The van der Waals surface area contributed by atoms with E-state index in [0.29, 0.717) is 13.2 Å². The summed E-state index contributed by atoms with van der Waals surface area (Å²) < 4.78 is 4.81. The van der Waals surface area contributed by atoms with E-state index in [1.54, 1.807) is 14.0 Å². The van der Waals surface area contributed by atoms with Crippen LogP contribution in [0, 0.1) is 0 Å². The predicted molar refractivity (Wildman–Crippen MR) is 54.7 cm³/mol. The van der Waals surface area contributed by atoms with Crippen LogP contribution in [0.5, 0.6) is 0 Å². The van der Waals surface area contributed by atoms with Crippen molar-refractivity contribution in [3.05, 3.63) is 0 Å². The topological polar surface area (TPSA) is 87.7 Å². The molecule has 6 nitrogen and oxygen atoms in total. The van der Waals surface area contributed by atoms with Gasteiger partial charge in [0.05, 0.1) is 6.42 Å². The molecule has 2 amide bonds. The second kappa shape index (κ2) is 8.05. The number of ether oxygens (including phenoxy) is 1. The van der Waals surface area contributed by atoms with Crippen LogP contribution in [0.1, 0.15) is 19.8 Å². The maximum Gasteiger partial charge on any atom is 0.315 e. The predicted octanol–water partition coefficient (Wildman–Crippen LogP) is 0.185. The standard InChI is InChI=1S/C9H18N2O4/c1-7(6-8(12)13)11-9(14)10-4-3-5-15-2/h7H,3-6H2,1-2H3,(H,12,13)(H2,10,11,14). The largest absolute Gasteiger partial charge is 0.481 e. The maximum absolute atomic E-state index is 11.1. The number of carbonyl (C=O) groups is 2. The van der Waals surface area contributed by atoms with Crippen LogP contribution in [-0.2, 0) is 9.53 Å². The third kappa shape index (κ3) is 9.01. The van der Waals surface area contributed by atoms with E-state index in [-0.39, 0.29) is 18.5 Å². The normalized spacial score (nSPS) is 11.9. The number of amides is 2. The number of methoxy groups -OCH3 is 1. The Labute approximate surface area is 89.0 Å². The van der Waals surface area contributed by atoms with Crippen molar-refractivity contribution in [2.24, 2.45) is 0 Å². The summed E-state index contributed by atoms with van der Waals surface area (Å²) in [5, 5.41) is 13.6. The van der Waals surface area contributed by atoms with E-state index in [1.807, 2.05) is 0 Å². The zero-order valence-electron chi connectivity index (χ0n) is 9.08. The average Bonchev–Trinajstić information content (AvgIpc) is 2.10. The SMILES string of the molecule is COCCCNC(=O)NC(C)CC(=O)O. The summed E-state index contributed by atoms with van der Waals surface area (Å²) in [4.78, 5) is 21.4. The Balaban J connectivity index is 3.51. The van der Waals surface area contributed by atoms with E-state index >= 15 is 0 Å². The van der Waals surface area contributed by atoms with E-state index in [4.69, 9.17) is 9.84 Å². The van der Waals surface area contributed by atoms with Crippen molar-refractivity contribution in [2.75, 3.05) is 20.3 Å². The van der Waals surface area contributed by atoms with Gasteiger partial charge in [-0.3, -0.25) is 4.79 Å². The highest BCUT2D eigenvalue weighted by molar-refractivity contribution is 5.75. The number of rotatable bonds is 7. The van der Waals surface area contributed by atoms with Crippen molar-refractivity contribution in [1.82, 2.24) is 10.6 Å². The lowest BCUT2D eigenvalue weighted by atomic mass is 10.2. The molecule has 0 rings (SSSR count). The fourth-order valence-electron chi connectivity index (χ4n) is 1.01. The van der Waals surface area contributed by atoms with Crippen molar-refractivity contribution in [3.8, 4) is 0 Å². The minimum atomic E-state index is -0.929. The van der Waals surface area contributed by atoms with Crippen molar-refractivity contribution in [2.45, 2.75) is 25.8 Å². The smallest absolute Gasteiger partial charge is 0.315 e. The van der Waals surface area contributed by atoms with Crippen molar-refractivity contribution >= 4 is 12.0 Å². The van der Waals surface area contributed by atoms with Crippen LogP contribution in [0.25, 0.3) is 0 Å². The number of hydrogen-bond donors (Lipinski definition) is 3. The van der Waals surface area contributed by atoms with Gasteiger partial charge in [-0.25, -0.2) is 4.79 Å². The van der Waals surface area contributed by atoms with Crippen molar-refractivity contribution < 1.29 is 19.4 Å². The molecule has 0 fully saturated rings. The van der Waals surface area contributed by atoms with Crippen LogP contribution in [0.3, 0.4) is 0 Å². The molecule has 6 heteroatoms. The molecular formula is C9H18N2O4. The van der Waals surface area contributed by atoms with Crippen molar-refractivity contribution in [3.63, 3.8) is 0 Å². The van der Waals surface area contributed by atoms with E-state index in [2.05, 4.69) is 10.6 Å². The molecule has 0 aromatic carbocycles. The molecular weight excluding hydrogens is 200 g/mol. The number of carboxylic acids is 1. The van der Waals surface area contributed by atoms with Crippen LogP contribution in [-0.4, -0.2) is 43.4 Å². The Bertz CT molecular complexity index is 208. The molecule has 0 aromatic heterocycles. The fourth-order valence-corrected chi connectivity index (χ4v) is 1.01. The highest BCUT2D eigenvalue weighted by Crippen LogP contribution is 1.89. The zero-order chi connectivity index (χ0) is 11.7. The summed E-state index contributed by atoms with van der Waals surface area (Å²) in [7, 11) is 1.59. The van der Waals surface area contributed by atoms with Crippen LogP contribution in [0.2, 0.25) is 0 Å². The first-order chi connectivity index (χ1) is 7.06. The fraction of sp³-hybridized carbons (Fsp3) is 0.778. The molecule has 0 saturated carbocycles. The van der Waals surface area contributed by atoms with Gasteiger partial charge in [-0.2, -0.15) is 0 Å². The summed E-state index contributed by atoms with van der Waals surface area (Å²) in [6, 6.07) is -0.718. The molecule has 0 aliphatic carbocycles. The molecule has 0 spiro atoms. The van der Waals surface area contributed by atoms with Gasteiger partial charge >= 0.3 is 12.0 Å². The van der Waals surface area contributed by atoms with Crippen LogP contribution >= 0.6 is 0 Å². The van der Waals surface area contributed by atoms with Gasteiger partial charge in [0.25, 0.3) is 0 Å². The third-order valence-electron chi connectivity index (χ3n) is 1.67. The molecule has 3 N–H and O–H groups in total. The number of urea groups is 1. The number of hydrogen-bond acceptors (Lipinski definition) is 3. The molecule has 0 bridgehead atoms. The molecule has 1 atom stereocenters. The maximum atomic E-state index is 11.1. The molecule has 0 radical (unpaired) electrons. The van der Waals surface area contributed by atoms with Crippen LogP contribution in [0.15, 0.2) is 0 Å². The Hall–Kier alpha value is -1.30. The minimum absolute atomic E-state index is 0.0779. The molecule has 0 aliphatic heterocycles. The molecule has 0 aromatic rings. The monoisotopic (exact) mass is 218 g/mol. The first kappa shape index (κ1) is 13.7. The van der Waals surface area contributed by atoms with Crippen molar-refractivity contribution in [1.29, 1.82) is 0 Å². The molecule has 1 unspecified atom stereocenters.